The zero-order valence-electron chi connectivity index (χ0n) is 37.0. The average Bonchev–Trinajstić information content (AvgIpc) is 3.41. The fourth-order valence-electron chi connectivity index (χ4n) is 5.11. The van der Waals surface area contributed by atoms with Crippen molar-refractivity contribution in [3.05, 3.63) is 241 Å². The van der Waals surface area contributed by atoms with Gasteiger partial charge in [0.15, 0.2) is 0 Å². The summed E-state index contributed by atoms with van der Waals surface area (Å²) in [7, 11) is 0. The Bertz CT molecular complexity index is 2220. The zero-order valence-corrected chi connectivity index (χ0v) is 37.0. The Hall–Kier alpha value is -8.00. The van der Waals surface area contributed by atoms with Crippen molar-refractivity contribution in [2.75, 3.05) is 0 Å². The van der Waals surface area contributed by atoms with Crippen molar-refractivity contribution < 1.29 is 20.4 Å². The lowest BCUT2D eigenvalue weighted by molar-refractivity contribution is 0.281. The van der Waals surface area contributed by atoms with Gasteiger partial charge in [-0.1, -0.05) is 135 Å². The van der Waals surface area contributed by atoms with E-state index in [0.29, 0.717) is 0 Å². The summed E-state index contributed by atoms with van der Waals surface area (Å²) < 4.78 is 0. The highest BCUT2D eigenvalue weighted by Crippen LogP contribution is 2.22. The van der Waals surface area contributed by atoms with Gasteiger partial charge in [-0.15, -0.1) is 0 Å². The molecule has 0 fully saturated rings. The third-order valence-electron chi connectivity index (χ3n) is 8.62. The van der Waals surface area contributed by atoms with Gasteiger partial charge in [0.05, 0.1) is 71.9 Å². The molecule has 8 aromatic rings. The van der Waals surface area contributed by atoms with Crippen LogP contribution in [0.25, 0.3) is 0 Å². The van der Waals surface area contributed by atoms with Crippen molar-refractivity contribution in [1.82, 2.24) is 0 Å². The van der Waals surface area contributed by atoms with Crippen molar-refractivity contribution in [2.45, 2.75) is 40.3 Å². The Labute approximate surface area is 386 Å². The van der Waals surface area contributed by atoms with Gasteiger partial charge in [0.25, 0.3) is 0 Å². The topological polar surface area (TPSA) is 180 Å². The smallest absolute Gasteiger partial charge is 0.0857 e. The highest BCUT2D eigenvalue weighted by Gasteiger charge is 1.95. The molecule has 8 rings (SSSR count). The first-order valence-corrected chi connectivity index (χ1v) is 21.2. The van der Waals surface area contributed by atoms with E-state index in [1.807, 2.05) is 232 Å². The summed E-state index contributed by atoms with van der Waals surface area (Å²) in [5.41, 5.74) is 9.92. The number of aliphatic hydroxyl groups excluding tert-OH is 4. The fraction of sp³-hybridized carbons (Fsp3) is 0.111. The van der Waals surface area contributed by atoms with Gasteiger partial charge >= 0.3 is 0 Å². The Kier molecular flexibility index (Phi) is 23.7. The van der Waals surface area contributed by atoms with Gasteiger partial charge < -0.3 is 20.4 Å². The van der Waals surface area contributed by atoms with Crippen LogP contribution in [0.3, 0.4) is 0 Å². The molecule has 0 saturated heterocycles. The van der Waals surface area contributed by atoms with Crippen molar-refractivity contribution >= 4 is 45.5 Å². The molecule has 334 valence electrons. The molecule has 8 aromatic carbocycles. The van der Waals surface area contributed by atoms with Gasteiger partial charge in [0, 0.05) is 0 Å². The summed E-state index contributed by atoms with van der Waals surface area (Å²) >= 11 is 0. The highest BCUT2D eigenvalue weighted by molar-refractivity contribution is 5.44. The van der Waals surface area contributed by atoms with E-state index in [9.17, 15) is 0 Å². The molecule has 0 aliphatic heterocycles. The van der Waals surface area contributed by atoms with E-state index in [-0.39, 0.29) is 26.4 Å². The van der Waals surface area contributed by atoms with Crippen LogP contribution in [0, 0.1) is 0 Å². The molecule has 12 heteroatoms. The van der Waals surface area contributed by atoms with Crippen LogP contribution in [0.2, 0.25) is 0 Å². The van der Waals surface area contributed by atoms with Gasteiger partial charge in [-0.25, -0.2) is 0 Å². The first kappa shape index (κ1) is 50.6. The van der Waals surface area contributed by atoms with Crippen LogP contribution < -0.4 is 0 Å². The van der Waals surface area contributed by atoms with Crippen LogP contribution in [-0.4, -0.2) is 20.4 Å². The maximum absolute atomic E-state index is 8.88. The minimum absolute atomic E-state index is 0.0517. The highest BCUT2D eigenvalue weighted by atomic mass is 16.3. The Morgan fingerprint density at radius 1 is 0.212 bits per heavy atom. The summed E-state index contributed by atoms with van der Waals surface area (Å²) in [6, 6.07) is 67.6. The summed E-state index contributed by atoms with van der Waals surface area (Å²) in [5, 5.41) is 68.3. The second-order valence-corrected chi connectivity index (χ2v) is 13.4. The molecule has 66 heavy (non-hydrogen) atoms. The number of benzene rings is 8. The number of rotatable bonds is 12. The Morgan fingerprint density at radius 2 is 0.348 bits per heavy atom. The Balaban J connectivity index is 0.000000190. The molecule has 0 atom stereocenters. The molecule has 0 unspecified atom stereocenters. The Morgan fingerprint density at radius 3 is 0.485 bits per heavy atom. The number of nitrogens with zero attached hydrogens (tertiary/aromatic N) is 8. The van der Waals surface area contributed by atoms with Crippen molar-refractivity contribution in [2.24, 2.45) is 40.9 Å². The number of aliphatic hydroxyl groups is 4. The van der Waals surface area contributed by atoms with Gasteiger partial charge in [-0.2, -0.15) is 40.9 Å². The maximum Gasteiger partial charge on any atom is 0.0857 e. The summed E-state index contributed by atoms with van der Waals surface area (Å²) in [5.74, 6) is 0. The molecule has 0 heterocycles. The second-order valence-electron chi connectivity index (χ2n) is 13.4. The predicted molar refractivity (Wildman–Crippen MR) is 263 cm³/mol. The monoisotopic (exact) mass is 878 g/mol. The van der Waals surface area contributed by atoms with E-state index in [1.165, 1.54) is 0 Å². The van der Waals surface area contributed by atoms with Gasteiger partial charge in [-0.3, -0.25) is 0 Å². The van der Waals surface area contributed by atoms with Crippen LogP contribution in [0.15, 0.2) is 259 Å². The predicted octanol–water partition coefficient (Wildman–Crippen LogP) is 15.4. The third kappa shape index (κ3) is 20.0. The third-order valence-corrected chi connectivity index (χ3v) is 8.62. The molecule has 0 aliphatic rings. The van der Waals surface area contributed by atoms with E-state index in [0.717, 1.165) is 67.8 Å². The molecule has 0 bridgehead atoms. The lowest BCUT2D eigenvalue weighted by Gasteiger charge is -1.95. The largest absolute Gasteiger partial charge is 0.392 e. The number of hydrogen-bond acceptors (Lipinski definition) is 12. The van der Waals surface area contributed by atoms with Gasteiger partial charge in [0.1, 0.15) is 0 Å². The number of azo groups is 4. The first-order valence-electron chi connectivity index (χ1n) is 21.2. The fourth-order valence-corrected chi connectivity index (χ4v) is 5.11. The van der Waals surface area contributed by atoms with Crippen molar-refractivity contribution in [3.63, 3.8) is 0 Å². The minimum Gasteiger partial charge on any atom is -0.392 e. The summed E-state index contributed by atoms with van der Waals surface area (Å²) in [4.78, 5) is 0. The molecule has 0 saturated carbocycles. The second kappa shape index (κ2) is 30.9. The van der Waals surface area contributed by atoms with Crippen molar-refractivity contribution in [3.8, 4) is 0 Å². The summed E-state index contributed by atoms with van der Waals surface area (Å²) in [6.45, 7) is 4.21. The molecule has 0 spiro atoms. The molecular weight excluding hydrogens is 825 g/mol. The van der Waals surface area contributed by atoms with Crippen LogP contribution in [0.1, 0.15) is 36.1 Å². The molecule has 0 radical (unpaired) electrons. The standard InChI is InChI=1S/4C13H12N2O.C2H6/c4*16-10-11-6-8-13(9-7-11)15-14-12-4-2-1-3-5-12;1-2/h4*1-9,16H,10H2;1-2H3. The van der Waals surface area contributed by atoms with Crippen molar-refractivity contribution in [1.29, 1.82) is 0 Å². The average molecular weight is 879 g/mol. The molecular formula is C54H54N8O4. The SMILES string of the molecule is CC.OCc1ccc(N=Nc2ccccc2)cc1.OCc1ccc(N=Nc2ccccc2)cc1.OCc1ccc(N=Nc2ccccc2)cc1.OCc1ccc(N=Nc2ccccc2)cc1. The van der Waals surface area contributed by atoms with E-state index in [2.05, 4.69) is 40.9 Å². The lowest BCUT2D eigenvalue weighted by atomic mass is 10.2. The quantitative estimate of drug-likeness (QED) is 0.0892. The van der Waals surface area contributed by atoms with Crippen LogP contribution in [0.5, 0.6) is 0 Å². The summed E-state index contributed by atoms with van der Waals surface area (Å²) in [6.07, 6.45) is 0. The van der Waals surface area contributed by atoms with E-state index >= 15 is 0 Å². The zero-order chi connectivity index (χ0) is 46.9. The lowest BCUT2D eigenvalue weighted by Crippen LogP contribution is -1.79. The van der Waals surface area contributed by atoms with Gasteiger partial charge in [0.2, 0.25) is 0 Å². The molecule has 0 amide bonds. The van der Waals surface area contributed by atoms with E-state index in [1.54, 1.807) is 0 Å². The molecule has 4 N–H and O–H groups in total. The van der Waals surface area contributed by atoms with Crippen LogP contribution >= 0.6 is 0 Å². The van der Waals surface area contributed by atoms with E-state index < -0.39 is 0 Å². The number of hydrogen-bond donors (Lipinski definition) is 4. The molecule has 0 aromatic heterocycles. The van der Waals surface area contributed by atoms with Crippen LogP contribution in [0.4, 0.5) is 45.5 Å². The van der Waals surface area contributed by atoms with Gasteiger partial charge in [-0.05, 0) is 119 Å². The normalized spacial score (nSPS) is 10.6. The van der Waals surface area contributed by atoms with Crippen LogP contribution in [-0.2, 0) is 26.4 Å². The van der Waals surface area contributed by atoms with E-state index in [4.69, 9.17) is 20.4 Å². The minimum atomic E-state index is 0.0517. The maximum atomic E-state index is 8.88. The molecule has 12 nitrogen and oxygen atoms in total. The molecule has 0 aliphatic carbocycles. The first-order chi connectivity index (χ1) is 32.5.